The van der Waals surface area contributed by atoms with E-state index in [9.17, 15) is 8.42 Å². The Labute approximate surface area is 126 Å². The van der Waals surface area contributed by atoms with Crippen molar-refractivity contribution in [3.8, 4) is 0 Å². The zero-order chi connectivity index (χ0) is 15.3. The molecular weight excluding hydrogens is 284 g/mol. The Morgan fingerprint density at radius 2 is 1.62 bits per heavy atom. The van der Waals surface area contributed by atoms with E-state index in [2.05, 4.69) is 5.32 Å². The lowest BCUT2D eigenvalue weighted by Gasteiger charge is -2.19. The molecule has 0 aliphatic rings. The van der Waals surface area contributed by atoms with Crippen molar-refractivity contribution in [3.63, 3.8) is 0 Å². The predicted molar refractivity (Wildman–Crippen MR) is 85.9 cm³/mol. The molecule has 0 saturated carbocycles. The van der Waals surface area contributed by atoms with Gasteiger partial charge in [-0.05, 0) is 36.4 Å². The van der Waals surface area contributed by atoms with Gasteiger partial charge in [-0.2, -0.15) is 0 Å². The molecule has 0 aromatic heterocycles. The molecule has 0 saturated heterocycles. The number of para-hydroxylation sites is 1. The van der Waals surface area contributed by atoms with Gasteiger partial charge in [-0.15, -0.1) is 0 Å². The van der Waals surface area contributed by atoms with Crippen molar-refractivity contribution < 1.29 is 8.42 Å². The summed E-state index contributed by atoms with van der Waals surface area (Å²) in [6.45, 7) is 3.66. The molecule has 112 valence electrons. The highest BCUT2D eigenvalue weighted by Gasteiger charge is 2.20. The third kappa shape index (κ3) is 3.62. The molecular formula is C16H20N2O2S. The van der Waals surface area contributed by atoms with E-state index in [1.165, 1.54) is 4.31 Å². The van der Waals surface area contributed by atoms with Crippen LogP contribution in [0.5, 0.6) is 0 Å². The van der Waals surface area contributed by atoms with Gasteiger partial charge in [0.25, 0.3) is 10.0 Å². The standard InChI is InChI=1S/C16H20N2O2S/c1-3-17-13-14-9-11-16(12-10-14)21(19,20)18(2)15-7-5-4-6-8-15/h4-12,17H,3,13H2,1-2H3. The van der Waals surface area contributed by atoms with Gasteiger partial charge < -0.3 is 5.32 Å². The third-order valence-electron chi connectivity index (χ3n) is 3.28. The van der Waals surface area contributed by atoms with E-state index >= 15 is 0 Å². The van der Waals surface area contributed by atoms with Crippen LogP contribution in [0.1, 0.15) is 12.5 Å². The summed E-state index contributed by atoms with van der Waals surface area (Å²) < 4.78 is 26.4. The highest BCUT2D eigenvalue weighted by atomic mass is 32.2. The minimum atomic E-state index is -3.52. The second-order valence-corrected chi connectivity index (χ2v) is 6.70. The maximum atomic E-state index is 12.6. The molecule has 0 spiro atoms. The van der Waals surface area contributed by atoms with Crippen molar-refractivity contribution in [1.82, 2.24) is 5.32 Å². The molecule has 0 unspecified atom stereocenters. The van der Waals surface area contributed by atoms with E-state index in [-0.39, 0.29) is 0 Å². The number of benzene rings is 2. The first kappa shape index (κ1) is 15.5. The van der Waals surface area contributed by atoms with Gasteiger partial charge in [-0.1, -0.05) is 37.3 Å². The second kappa shape index (κ2) is 6.74. The van der Waals surface area contributed by atoms with E-state index in [1.807, 2.05) is 37.3 Å². The summed E-state index contributed by atoms with van der Waals surface area (Å²) in [5.41, 5.74) is 1.72. The average molecular weight is 304 g/mol. The number of anilines is 1. The molecule has 0 amide bonds. The van der Waals surface area contributed by atoms with Crippen molar-refractivity contribution in [2.45, 2.75) is 18.4 Å². The highest BCUT2D eigenvalue weighted by Crippen LogP contribution is 2.21. The first-order chi connectivity index (χ1) is 10.1. The van der Waals surface area contributed by atoms with Crippen LogP contribution in [0, 0.1) is 0 Å². The van der Waals surface area contributed by atoms with Gasteiger partial charge in [-0.3, -0.25) is 4.31 Å². The number of nitrogens with one attached hydrogen (secondary N) is 1. The fraction of sp³-hybridized carbons (Fsp3) is 0.250. The Hall–Kier alpha value is -1.85. The maximum Gasteiger partial charge on any atom is 0.264 e. The van der Waals surface area contributed by atoms with Crippen LogP contribution in [0.2, 0.25) is 0 Å². The summed E-state index contributed by atoms with van der Waals surface area (Å²) in [5.74, 6) is 0. The van der Waals surface area contributed by atoms with E-state index in [0.29, 0.717) is 10.6 Å². The molecule has 4 nitrogen and oxygen atoms in total. The van der Waals surface area contributed by atoms with E-state index in [1.54, 1.807) is 31.3 Å². The monoisotopic (exact) mass is 304 g/mol. The van der Waals surface area contributed by atoms with Crippen molar-refractivity contribution in [2.24, 2.45) is 0 Å². The van der Waals surface area contributed by atoms with Gasteiger partial charge in [0.2, 0.25) is 0 Å². The molecule has 0 fully saturated rings. The summed E-state index contributed by atoms with van der Waals surface area (Å²) in [6, 6.07) is 16.0. The summed E-state index contributed by atoms with van der Waals surface area (Å²) >= 11 is 0. The van der Waals surface area contributed by atoms with Crippen LogP contribution >= 0.6 is 0 Å². The molecule has 0 aliphatic carbocycles. The van der Waals surface area contributed by atoms with Crippen LogP contribution in [-0.2, 0) is 16.6 Å². The Morgan fingerprint density at radius 1 is 1.00 bits per heavy atom. The summed E-state index contributed by atoms with van der Waals surface area (Å²) in [6.07, 6.45) is 0. The fourth-order valence-electron chi connectivity index (χ4n) is 1.98. The maximum absolute atomic E-state index is 12.6. The van der Waals surface area contributed by atoms with Gasteiger partial charge in [-0.25, -0.2) is 8.42 Å². The zero-order valence-corrected chi connectivity index (χ0v) is 13.1. The van der Waals surface area contributed by atoms with Gasteiger partial charge in [0.15, 0.2) is 0 Å². The first-order valence-corrected chi connectivity index (χ1v) is 8.33. The summed E-state index contributed by atoms with van der Waals surface area (Å²) in [4.78, 5) is 0.300. The Kier molecular flexibility index (Phi) is 4.98. The minimum absolute atomic E-state index is 0.300. The summed E-state index contributed by atoms with van der Waals surface area (Å²) in [7, 11) is -1.95. The van der Waals surface area contributed by atoms with Crippen LogP contribution in [0.25, 0.3) is 0 Å². The molecule has 0 atom stereocenters. The smallest absolute Gasteiger partial charge is 0.264 e. The molecule has 0 heterocycles. The molecule has 0 bridgehead atoms. The Morgan fingerprint density at radius 3 is 2.19 bits per heavy atom. The topological polar surface area (TPSA) is 49.4 Å². The summed E-state index contributed by atoms with van der Waals surface area (Å²) in [5, 5.41) is 3.21. The van der Waals surface area contributed by atoms with Gasteiger partial charge in [0, 0.05) is 13.6 Å². The molecule has 2 aromatic rings. The SMILES string of the molecule is CCNCc1ccc(S(=O)(=O)N(C)c2ccccc2)cc1. The number of hydrogen-bond acceptors (Lipinski definition) is 3. The Balaban J connectivity index is 2.23. The fourth-order valence-corrected chi connectivity index (χ4v) is 3.18. The highest BCUT2D eigenvalue weighted by molar-refractivity contribution is 7.92. The van der Waals surface area contributed by atoms with Gasteiger partial charge in [0.1, 0.15) is 0 Å². The van der Waals surface area contributed by atoms with Crippen LogP contribution in [-0.4, -0.2) is 22.0 Å². The first-order valence-electron chi connectivity index (χ1n) is 6.89. The molecule has 1 N–H and O–H groups in total. The van der Waals surface area contributed by atoms with Gasteiger partial charge in [0.05, 0.1) is 10.6 Å². The van der Waals surface area contributed by atoms with Crippen LogP contribution in [0.15, 0.2) is 59.5 Å². The average Bonchev–Trinajstić information content (AvgIpc) is 2.53. The quantitative estimate of drug-likeness (QED) is 0.892. The lowest BCUT2D eigenvalue weighted by atomic mass is 10.2. The molecule has 21 heavy (non-hydrogen) atoms. The van der Waals surface area contributed by atoms with Crippen molar-refractivity contribution in [3.05, 3.63) is 60.2 Å². The Bertz CT molecular complexity index is 667. The normalized spacial score (nSPS) is 11.3. The van der Waals surface area contributed by atoms with E-state index in [4.69, 9.17) is 0 Å². The van der Waals surface area contributed by atoms with Crippen LogP contribution in [0.4, 0.5) is 5.69 Å². The zero-order valence-electron chi connectivity index (χ0n) is 12.3. The van der Waals surface area contributed by atoms with Crippen molar-refractivity contribution in [1.29, 1.82) is 0 Å². The number of hydrogen-bond donors (Lipinski definition) is 1. The van der Waals surface area contributed by atoms with Gasteiger partial charge >= 0.3 is 0 Å². The lowest BCUT2D eigenvalue weighted by molar-refractivity contribution is 0.594. The lowest BCUT2D eigenvalue weighted by Crippen LogP contribution is -2.26. The van der Waals surface area contributed by atoms with Crippen molar-refractivity contribution >= 4 is 15.7 Å². The predicted octanol–water partition coefficient (Wildman–Crippen LogP) is 2.62. The molecule has 2 aromatic carbocycles. The molecule has 0 radical (unpaired) electrons. The number of rotatable bonds is 6. The third-order valence-corrected chi connectivity index (χ3v) is 5.08. The van der Waals surface area contributed by atoms with Crippen molar-refractivity contribution in [2.75, 3.05) is 17.9 Å². The van der Waals surface area contributed by atoms with Crippen LogP contribution in [0.3, 0.4) is 0 Å². The largest absolute Gasteiger partial charge is 0.313 e. The minimum Gasteiger partial charge on any atom is -0.313 e. The molecule has 0 aliphatic heterocycles. The second-order valence-electron chi connectivity index (χ2n) is 4.73. The molecule has 5 heteroatoms. The number of nitrogens with zero attached hydrogens (tertiary/aromatic N) is 1. The molecule has 2 rings (SSSR count). The van der Waals surface area contributed by atoms with Crippen LogP contribution < -0.4 is 9.62 Å². The number of sulfonamides is 1. The van der Waals surface area contributed by atoms with E-state index < -0.39 is 10.0 Å². The van der Waals surface area contributed by atoms with E-state index in [0.717, 1.165) is 18.7 Å².